The Kier molecular flexibility index (Phi) is 17.6. The molecule has 1 aromatic carbocycles. The Balaban J connectivity index is 3.39. The average Bonchev–Trinajstić information content (AvgIpc) is 3.05. The minimum Gasteiger partial charge on any atom is -0.428 e. The van der Waals surface area contributed by atoms with Gasteiger partial charge in [-0.15, -0.1) is 0 Å². The van der Waals surface area contributed by atoms with E-state index in [1.165, 1.54) is 39.8 Å². The van der Waals surface area contributed by atoms with Crippen LogP contribution in [0.25, 0.3) is 0 Å². The molecule has 0 spiro atoms. The number of aryl methyl sites for hydroxylation is 2. The molecule has 0 unspecified atom stereocenters. The highest BCUT2D eigenvalue weighted by Gasteiger charge is 2.24. The van der Waals surface area contributed by atoms with Gasteiger partial charge in [-0.25, -0.2) is 28.8 Å². The number of ether oxygens (including phenoxy) is 8. The molecule has 16 nitrogen and oxygen atoms in total. The standard InChI is InChI=1S/C34H38O16/c1-19(2)29(37)45-15-43-27(35)11-9-23-13-26(34(42)50-18-48-32(40)22(7)8)24(10-12-28(36)44-16-46-30(38)20(3)4)14-25(23)33(41)49-17-47-31(39)21(5)6/h13-14H,1,3,5,7,9-12,15-18H2,2,4,6,8H3. The van der Waals surface area contributed by atoms with Crippen molar-refractivity contribution >= 4 is 47.8 Å². The zero-order chi connectivity index (χ0) is 38.0. The number of benzene rings is 1. The Morgan fingerprint density at radius 2 is 0.700 bits per heavy atom. The lowest BCUT2D eigenvalue weighted by molar-refractivity contribution is -0.166. The maximum Gasteiger partial charge on any atom is 0.341 e. The second kappa shape index (κ2) is 21.0. The van der Waals surface area contributed by atoms with Crippen molar-refractivity contribution in [2.24, 2.45) is 0 Å². The smallest absolute Gasteiger partial charge is 0.341 e. The summed E-state index contributed by atoms with van der Waals surface area (Å²) in [5.41, 5.74) is -0.104. The summed E-state index contributed by atoms with van der Waals surface area (Å²) in [5, 5.41) is 0. The van der Waals surface area contributed by atoms with E-state index in [0.29, 0.717) is 0 Å². The highest BCUT2D eigenvalue weighted by Crippen LogP contribution is 2.23. The molecule has 0 saturated heterocycles. The molecule has 0 fully saturated rings. The molecule has 270 valence electrons. The fraction of sp³-hybridized carbons (Fsp3) is 0.353. The molecule has 0 radical (unpaired) electrons. The predicted octanol–water partition coefficient (Wildman–Crippen LogP) is 3.26. The van der Waals surface area contributed by atoms with E-state index < -0.39 is 87.8 Å². The monoisotopic (exact) mass is 702 g/mol. The molecule has 0 N–H and O–H groups in total. The van der Waals surface area contributed by atoms with Gasteiger partial charge in [-0.1, -0.05) is 26.3 Å². The molecule has 16 heteroatoms. The zero-order valence-electron chi connectivity index (χ0n) is 28.2. The van der Waals surface area contributed by atoms with E-state index in [2.05, 4.69) is 26.3 Å². The molecular formula is C34H38O16. The fourth-order valence-corrected chi connectivity index (χ4v) is 3.32. The van der Waals surface area contributed by atoms with E-state index in [1.54, 1.807) is 0 Å². The second-order valence-corrected chi connectivity index (χ2v) is 10.4. The molecule has 0 aliphatic carbocycles. The third kappa shape index (κ3) is 15.2. The van der Waals surface area contributed by atoms with Crippen LogP contribution < -0.4 is 0 Å². The van der Waals surface area contributed by atoms with Crippen molar-refractivity contribution < 1.29 is 76.3 Å². The van der Waals surface area contributed by atoms with E-state index in [-0.39, 0.29) is 57.4 Å². The molecule has 0 bridgehead atoms. The number of hydrogen-bond donors (Lipinski definition) is 0. The summed E-state index contributed by atoms with van der Waals surface area (Å²) in [7, 11) is 0. The third-order valence-electron chi connectivity index (χ3n) is 5.94. The number of esters is 8. The normalized spacial score (nSPS) is 10.0. The average molecular weight is 703 g/mol. The minimum atomic E-state index is -1.05. The second-order valence-electron chi connectivity index (χ2n) is 10.4. The van der Waals surface area contributed by atoms with Crippen molar-refractivity contribution in [1.29, 1.82) is 0 Å². The maximum absolute atomic E-state index is 13.2. The van der Waals surface area contributed by atoms with Gasteiger partial charge >= 0.3 is 47.8 Å². The van der Waals surface area contributed by atoms with Crippen molar-refractivity contribution in [1.82, 2.24) is 0 Å². The van der Waals surface area contributed by atoms with Gasteiger partial charge in [0.05, 0.1) is 11.1 Å². The molecule has 1 rings (SSSR count). The summed E-state index contributed by atoms with van der Waals surface area (Å²) in [4.78, 5) is 97.7. The molecule has 0 atom stereocenters. The van der Waals surface area contributed by atoms with Crippen molar-refractivity contribution in [3.8, 4) is 0 Å². The Hall–Kier alpha value is -6.06. The predicted molar refractivity (Wildman–Crippen MR) is 169 cm³/mol. The highest BCUT2D eigenvalue weighted by atomic mass is 16.7. The topological polar surface area (TPSA) is 210 Å². The van der Waals surface area contributed by atoms with Gasteiger partial charge in [0, 0.05) is 35.1 Å². The molecule has 0 aliphatic rings. The Morgan fingerprint density at radius 1 is 0.440 bits per heavy atom. The fourth-order valence-electron chi connectivity index (χ4n) is 3.32. The molecule has 0 saturated carbocycles. The molecule has 0 heterocycles. The van der Waals surface area contributed by atoms with Crippen molar-refractivity contribution in [3.63, 3.8) is 0 Å². The Bertz CT molecular complexity index is 1450. The van der Waals surface area contributed by atoms with Gasteiger partial charge < -0.3 is 37.9 Å². The van der Waals surface area contributed by atoms with Crippen molar-refractivity contribution in [2.75, 3.05) is 27.2 Å². The van der Waals surface area contributed by atoms with Crippen LogP contribution in [0.5, 0.6) is 0 Å². The molecule has 0 amide bonds. The summed E-state index contributed by atoms with van der Waals surface area (Å²) in [5.74, 6) is -7.08. The van der Waals surface area contributed by atoms with Crippen LogP contribution in [0.15, 0.2) is 60.7 Å². The van der Waals surface area contributed by atoms with Gasteiger partial charge in [-0.2, -0.15) is 0 Å². The SMILES string of the molecule is C=C(C)C(=O)OCOC(=O)CCc1cc(C(=O)OCOC(=O)C(=C)C)c(CCC(=O)OCOC(=O)C(=C)C)cc1C(=O)OCOC(=O)C(=C)C. The third-order valence-corrected chi connectivity index (χ3v) is 5.94. The van der Waals surface area contributed by atoms with Crippen LogP contribution in [0, 0.1) is 0 Å². The van der Waals surface area contributed by atoms with Gasteiger partial charge in [0.2, 0.25) is 27.2 Å². The molecule has 1 aromatic rings. The van der Waals surface area contributed by atoms with E-state index in [4.69, 9.17) is 37.9 Å². The van der Waals surface area contributed by atoms with Crippen LogP contribution in [0.3, 0.4) is 0 Å². The Morgan fingerprint density at radius 3 is 0.960 bits per heavy atom. The summed E-state index contributed by atoms with van der Waals surface area (Å²) in [6.07, 6.45) is -1.28. The van der Waals surface area contributed by atoms with E-state index in [1.807, 2.05) is 0 Å². The van der Waals surface area contributed by atoms with Crippen molar-refractivity contribution in [2.45, 2.75) is 53.4 Å². The van der Waals surface area contributed by atoms with Crippen LogP contribution in [0.4, 0.5) is 0 Å². The first kappa shape index (κ1) is 42.0. The van der Waals surface area contributed by atoms with Crippen LogP contribution in [0.2, 0.25) is 0 Å². The summed E-state index contributed by atoms with van der Waals surface area (Å²) < 4.78 is 39.0. The zero-order valence-corrected chi connectivity index (χ0v) is 28.2. The lowest BCUT2D eigenvalue weighted by atomic mass is 9.93. The lowest BCUT2D eigenvalue weighted by Crippen LogP contribution is -2.19. The van der Waals surface area contributed by atoms with E-state index in [0.717, 1.165) is 0 Å². The van der Waals surface area contributed by atoms with Crippen LogP contribution in [-0.2, 0) is 79.5 Å². The number of hydrogen-bond acceptors (Lipinski definition) is 16. The molecule has 50 heavy (non-hydrogen) atoms. The quantitative estimate of drug-likeness (QED) is 0.0826. The molecule has 0 aliphatic heterocycles. The summed E-state index contributed by atoms with van der Waals surface area (Å²) in [6, 6.07) is 2.37. The van der Waals surface area contributed by atoms with Crippen LogP contribution in [0.1, 0.15) is 72.4 Å². The first-order valence-electron chi connectivity index (χ1n) is 14.6. The number of carbonyl (C=O) groups is 8. The summed E-state index contributed by atoms with van der Waals surface area (Å²) in [6.45, 7) is 16.1. The summed E-state index contributed by atoms with van der Waals surface area (Å²) >= 11 is 0. The van der Waals surface area contributed by atoms with Gasteiger partial charge in [-0.3, -0.25) is 9.59 Å². The first-order chi connectivity index (χ1) is 23.4. The maximum atomic E-state index is 13.2. The van der Waals surface area contributed by atoms with E-state index in [9.17, 15) is 38.4 Å². The lowest BCUT2D eigenvalue weighted by Gasteiger charge is -2.16. The molecule has 0 aromatic heterocycles. The van der Waals surface area contributed by atoms with Crippen LogP contribution in [-0.4, -0.2) is 74.9 Å². The molecular weight excluding hydrogens is 664 g/mol. The minimum absolute atomic E-state index is 0.0366. The van der Waals surface area contributed by atoms with Gasteiger partial charge in [0.25, 0.3) is 0 Å². The number of rotatable bonds is 20. The van der Waals surface area contributed by atoms with Gasteiger partial charge in [0.15, 0.2) is 0 Å². The van der Waals surface area contributed by atoms with Crippen molar-refractivity contribution in [3.05, 3.63) is 83.0 Å². The first-order valence-corrected chi connectivity index (χ1v) is 14.6. The Labute approximate surface area is 287 Å². The van der Waals surface area contributed by atoms with Gasteiger partial charge in [-0.05, 0) is 63.8 Å². The number of carbonyl (C=O) groups excluding carboxylic acids is 8. The van der Waals surface area contributed by atoms with E-state index >= 15 is 0 Å². The highest BCUT2D eigenvalue weighted by molar-refractivity contribution is 5.97. The largest absolute Gasteiger partial charge is 0.428 e. The van der Waals surface area contributed by atoms with Crippen LogP contribution >= 0.6 is 0 Å². The van der Waals surface area contributed by atoms with Gasteiger partial charge in [0.1, 0.15) is 0 Å².